The molecular formula is C13H14N2O5. The molecule has 1 heterocycles. The third-order valence-electron chi connectivity index (χ3n) is 2.69. The van der Waals surface area contributed by atoms with Gasteiger partial charge in [-0.25, -0.2) is 4.79 Å². The SMILES string of the molecule is COCC(=O)OCC(=O)N1CC(=O)Nc2ccccc21. The van der Waals surface area contributed by atoms with Crippen LogP contribution in [0, 0.1) is 0 Å². The Morgan fingerprint density at radius 1 is 1.30 bits per heavy atom. The molecule has 2 rings (SSSR count). The van der Waals surface area contributed by atoms with Crippen molar-refractivity contribution >= 4 is 29.2 Å². The molecular weight excluding hydrogens is 264 g/mol. The molecule has 0 unspecified atom stereocenters. The van der Waals surface area contributed by atoms with E-state index in [0.717, 1.165) is 0 Å². The second kappa shape index (κ2) is 6.16. The largest absolute Gasteiger partial charge is 0.454 e. The van der Waals surface area contributed by atoms with Crippen molar-refractivity contribution in [1.29, 1.82) is 0 Å². The van der Waals surface area contributed by atoms with E-state index in [1.165, 1.54) is 12.0 Å². The monoisotopic (exact) mass is 278 g/mol. The number of anilines is 2. The smallest absolute Gasteiger partial charge is 0.332 e. The molecule has 0 bridgehead atoms. The van der Waals surface area contributed by atoms with Gasteiger partial charge in [0, 0.05) is 7.11 Å². The van der Waals surface area contributed by atoms with Gasteiger partial charge in [0.25, 0.3) is 5.91 Å². The fourth-order valence-corrected chi connectivity index (χ4v) is 1.84. The van der Waals surface area contributed by atoms with Crippen LogP contribution in [0.4, 0.5) is 11.4 Å². The van der Waals surface area contributed by atoms with Crippen LogP contribution in [0.1, 0.15) is 0 Å². The number of esters is 1. The van der Waals surface area contributed by atoms with Gasteiger partial charge in [-0.3, -0.25) is 14.5 Å². The van der Waals surface area contributed by atoms with Gasteiger partial charge in [-0.2, -0.15) is 0 Å². The molecule has 1 N–H and O–H groups in total. The van der Waals surface area contributed by atoms with Crippen LogP contribution < -0.4 is 10.2 Å². The lowest BCUT2D eigenvalue weighted by Gasteiger charge is -2.28. The van der Waals surface area contributed by atoms with Gasteiger partial charge in [-0.05, 0) is 12.1 Å². The van der Waals surface area contributed by atoms with Crippen LogP contribution in [0.15, 0.2) is 24.3 Å². The van der Waals surface area contributed by atoms with Crippen molar-refractivity contribution in [3.8, 4) is 0 Å². The van der Waals surface area contributed by atoms with Crippen molar-refractivity contribution in [2.24, 2.45) is 0 Å². The molecule has 1 aliphatic heterocycles. The Morgan fingerprint density at radius 3 is 2.80 bits per heavy atom. The molecule has 106 valence electrons. The first-order valence-corrected chi connectivity index (χ1v) is 5.95. The van der Waals surface area contributed by atoms with Gasteiger partial charge in [-0.15, -0.1) is 0 Å². The fraction of sp³-hybridized carbons (Fsp3) is 0.308. The standard InChI is InChI=1S/C13H14N2O5/c1-19-8-13(18)20-7-12(17)15-6-11(16)14-9-4-2-3-5-10(9)15/h2-5H,6-8H2,1H3,(H,14,16). The van der Waals surface area contributed by atoms with Gasteiger partial charge in [0.2, 0.25) is 5.91 Å². The number of para-hydroxylation sites is 2. The maximum Gasteiger partial charge on any atom is 0.332 e. The lowest BCUT2D eigenvalue weighted by Crippen LogP contribution is -2.44. The maximum absolute atomic E-state index is 12.0. The third-order valence-corrected chi connectivity index (χ3v) is 2.69. The normalized spacial score (nSPS) is 13.4. The van der Waals surface area contributed by atoms with Crippen molar-refractivity contribution in [3.63, 3.8) is 0 Å². The van der Waals surface area contributed by atoms with E-state index in [1.54, 1.807) is 24.3 Å². The van der Waals surface area contributed by atoms with Gasteiger partial charge in [0.1, 0.15) is 13.2 Å². The Labute approximate surface area is 115 Å². The molecule has 0 fully saturated rings. The number of hydrogen-bond acceptors (Lipinski definition) is 5. The van der Waals surface area contributed by atoms with Crippen LogP contribution in [-0.4, -0.2) is 44.7 Å². The van der Waals surface area contributed by atoms with Gasteiger partial charge >= 0.3 is 5.97 Å². The van der Waals surface area contributed by atoms with Gasteiger partial charge in [0.15, 0.2) is 6.61 Å². The van der Waals surface area contributed by atoms with Crippen molar-refractivity contribution in [3.05, 3.63) is 24.3 Å². The predicted molar refractivity (Wildman–Crippen MR) is 70.3 cm³/mol. The topological polar surface area (TPSA) is 84.9 Å². The molecule has 0 saturated heterocycles. The second-order valence-electron chi connectivity index (χ2n) is 4.14. The molecule has 0 saturated carbocycles. The van der Waals surface area contributed by atoms with E-state index in [9.17, 15) is 14.4 Å². The summed E-state index contributed by atoms with van der Waals surface area (Å²) in [6.07, 6.45) is 0. The molecule has 1 aliphatic rings. The number of nitrogens with zero attached hydrogens (tertiary/aromatic N) is 1. The fourth-order valence-electron chi connectivity index (χ4n) is 1.84. The first-order chi connectivity index (χ1) is 9.61. The Kier molecular flexibility index (Phi) is 4.31. The zero-order valence-electron chi connectivity index (χ0n) is 10.9. The molecule has 0 radical (unpaired) electrons. The Bertz CT molecular complexity index is 543. The van der Waals surface area contributed by atoms with Crippen LogP contribution in [0.3, 0.4) is 0 Å². The summed E-state index contributed by atoms with van der Waals surface area (Å²) in [6, 6.07) is 6.92. The van der Waals surface area contributed by atoms with Crippen molar-refractivity contribution < 1.29 is 23.9 Å². The maximum atomic E-state index is 12.0. The molecule has 0 spiro atoms. The minimum absolute atomic E-state index is 0.0995. The lowest BCUT2D eigenvalue weighted by atomic mass is 10.2. The van der Waals surface area contributed by atoms with E-state index in [-0.39, 0.29) is 19.1 Å². The van der Waals surface area contributed by atoms with E-state index >= 15 is 0 Å². The Morgan fingerprint density at radius 2 is 2.05 bits per heavy atom. The van der Waals surface area contributed by atoms with Crippen molar-refractivity contribution in [1.82, 2.24) is 0 Å². The van der Waals surface area contributed by atoms with Crippen molar-refractivity contribution in [2.75, 3.05) is 37.1 Å². The van der Waals surface area contributed by atoms with Crippen LogP contribution >= 0.6 is 0 Å². The summed E-state index contributed by atoms with van der Waals surface area (Å²) in [5.74, 6) is -1.38. The summed E-state index contributed by atoms with van der Waals surface area (Å²) in [7, 11) is 1.36. The van der Waals surface area contributed by atoms with E-state index in [2.05, 4.69) is 10.1 Å². The second-order valence-corrected chi connectivity index (χ2v) is 4.14. The van der Waals surface area contributed by atoms with Crippen LogP contribution in [0.2, 0.25) is 0 Å². The lowest BCUT2D eigenvalue weighted by molar-refractivity contribution is -0.151. The highest BCUT2D eigenvalue weighted by atomic mass is 16.6. The van der Waals surface area contributed by atoms with Crippen LogP contribution in [-0.2, 0) is 23.9 Å². The number of amides is 2. The molecule has 0 aliphatic carbocycles. The average Bonchev–Trinajstić information content (AvgIpc) is 2.44. The highest BCUT2D eigenvalue weighted by Crippen LogP contribution is 2.28. The number of carbonyl (C=O) groups excluding carboxylic acids is 3. The summed E-state index contributed by atoms with van der Waals surface area (Å²) in [5.41, 5.74) is 1.14. The summed E-state index contributed by atoms with van der Waals surface area (Å²) < 4.78 is 9.35. The molecule has 0 atom stereocenters. The Hall–Kier alpha value is -2.41. The highest BCUT2D eigenvalue weighted by molar-refractivity contribution is 6.10. The molecule has 2 amide bonds. The van der Waals surface area contributed by atoms with E-state index in [0.29, 0.717) is 11.4 Å². The zero-order valence-corrected chi connectivity index (χ0v) is 10.9. The van der Waals surface area contributed by atoms with Crippen LogP contribution in [0.5, 0.6) is 0 Å². The molecule has 7 heteroatoms. The predicted octanol–water partition coefficient (Wildman–Crippen LogP) is 0.161. The quantitative estimate of drug-likeness (QED) is 0.793. The van der Waals surface area contributed by atoms with Gasteiger partial charge in [0.05, 0.1) is 11.4 Å². The number of carbonyl (C=O) groups is 3. The number of rotatable bonds is 4. The van der Waals surface area contributed by atoms with E-state index in [4.69, 9.17) is 4.74 Å². The number of ether oxygens (including phenoxy) is 2. The highest BCUT2D eigenvalue weighted by Gasteiger charge is 2.27. The number of fused-ring (bicyclic) bond motifs is 1. The van der Waals surface area contributed by atoms with Gasteiger partial charge in [-0.1, -0.05) is 12.1 Å². The molecule has 1 aromatic carbocycles. The molecule has 0 aromatic heterocycles. The summed E-state index contributed by atoms with van der Waals surface area (Å²) in [5, 5.41) is 2.67. The molecule has 1 aromatic rings. The number of methoxy groups -OCH3 is 1. The number of hydrogen-bond donors (Lipinski definition) is 1. The van der Waals surface area contributed by atoms with E-state index < -0.39 is 18.5 Å². The first-order valence-electron chi connectivity index (χ1n) is 5.95. The summed E-state index contributed by atoms with van der Waals surface area (Å²) in [6.45, 7) is -0.744. The van der Waals surface area contributed by atoms with Crippen molar-refractivity contribution in [2.45, 2.75) is 0 Å². The minimum Gasteiger partial charge on any atom is -0.454 e. The zero-order chi connectivity index (χ0) is 14.5. The summed E-state index contributed by atoms with van der Waals surface area (Å²) >= 11 is 0. The number of benzene rings is 1. The molecule has 7 nitrogen and oxygen atoms in total. The van der Waals surface area contributed by atoms with Gasteiger partial charge < -0.3 is 14.8 Å². The third kappa shape index (κ3) is 3.12. The Balaban J connectivity index is 2.06. The first kappa shape index (κ1) is 14.0. The van der Waals surface area contributed by atoms with Crippen LogP contribution in [0.25, 0.3) is 0 Å². The average molecular weight is 278 g/mol. The minimum atomic E-state index is -0.629. The molecule has 20 heavy (non-hydrogen) atoms. The summed E-state index contributed by atoms with van der Waals surface area (Å²) in [4.78, 5) is 36.0. The van der Waals surface area contributed by atoms with E-state index in [1.807, 2.05) is 0 Å². The number of nitrogens with one attached hydrogen (secondary N) is 1.